The molecule has 3 rings (SSSR count). The second-order valence-electron chi connectivity index (χ2n) is 5.71. The molecule has 1 fully saturated rings. The van der Waals surface area contributed by atoms with Gasteiger partial charge in [0.25, 0.3) is 0 Å². The number of rotatable bonds is 4. The number of hydrogen-bond donors (Lipinski definition) is 1. The molecule has 1 aliphatic heterocycles. The van der Waals surface area contributed by atoms with Crippen LogP contribution in [0.5, 0.6) is 11.5 Å². The van der Waals surface area contributed by atoms with E-state index in [1.165, 1.54) is 0 Å². The Morgan fingerprint density at radius 3 is 2.68 bits per heavy atom. The molecule has 1 aliphatic carbocycles. The molecular weight excluding hydrogens is 242 g/mol. The number of benzene rings is 1. The summed E-state index contributed by atoms with van der Waals surface area (Å²) in [4.78, 5) is 2.28. The largest absolute Gasteiger partial charge is 0.486 e. The number of hydrogen-bond acceptors (Lipinski definition) is 4. The molecule has 0 bridgehead atoms. The monoisotopic (exact) mass is 263 g/mol. The molecule has 1 N–H and O–H groups in total. The van der Waals surface area contributed by atoms with Gasteiger partial charge in [-0.25, -0.2) is 0 Å². The number of aliphatic hydroxyl groups is 1. The van der Waals surface area contributed by atoms with E-state index in [9.17, 15) is 5.11 Å². The maximum absolute atomic E-state index is 9.30. The third kappa shape index (κ3) is 3.01. The minimum Gasteiger partial charge on any atom is -0.486 e. The van der Waals surface area contributed by atoms with Gasteiger partial charge in [0.2, 0.25) is 0 Å². The summed E-state index contributed by atoms with van der Waals surface area (Å²) in [7, 11) is 2.11. The fourth-order valence-corrected chi connectivity index (χ4v) is 2.87. The summed E-state index contributed by atoms with van der Waals surface area (Å²) < 4.78 is 11.6. The van der Waals surface area contributed by atoms with Gasteiger partial charge in [-0.15, -0.1) is 0 Å². The lowest BCUT2D eigenvalue weighted by molar-refractivity contribution is 0.0151. The van der Waals surface area contributed by atoms with Crippen LogP contribution in [0, 0.1) is 5.92 Å². The van der Waals surface area contributed by atoms with E-state index in [1.807, 2.05) is 24.3 Å². The van der Waals surface area contributed by atoms with Gasteiger partial charge < -0.3 is 19.5 Å². The molecule has 0 radical (unpaired) electrons. The van der Waals surface area contributed by atoms with Gasteiger partial charge in [0.1, 0.15) is 12.7 Å². The molecule has 1 saturated carbocycles. The van der Waals surface area contributed by atoms with Crippen molar-refractivity contribution in [2.45, 2.75) is 25.0 Å². The van der Waals surface area contributed by atoms with E-state index >= 15 is 0 Å². The van der Waals surface area contributed by atoms with Crippen LogP contribution in [-0.2, 0) is 0 Å². The molecule has 2 aliphatic rings. The molecule has 1 unspecified atom stereocenters. The first-order chi connectivity index (χ1) is 9.20. The van der Waals surface area contributed by atoms with Crippen LogP contribution in [0.1, 0.15) is 12.8 Å². The van der Waals surface area contributed by atoms with Crippen molar-refractivity contribution < 1.29 is 14.6 Å². The topological polar surface area (TPSA) is 41.9 Å². The van der Waals surface area contributed by atoms with Gasteiger partial charge in [0.15, 0.2) is 11.5 Å². The van der Waals surface area contributed by atoms with Gasteiger partial charge in [-0.05, 0) is 37.9 Å². The molecule has 0 aromatic heterocycles. The first-order valence-electron chi connectivity index (χ1n) is 6.96. The van der Waals surface area contributed by atoms with Gasteiger partial charge in [0.05, 0.1) is 6.10 Å². The molecule has 19 heavy (non-hydrogen) atoms. The average molecular weight is 263 g/mol. The van der Waals surface area contributed by atoms with E-state index in [0.29, 0.717) is 12.5 Å². The summed E-state index contributed by atoms with van der Waals surface area (Å²) in [5.74, 6) is 2.31. The standard InChI is InChI=1S/C15H21NO3/c1-16(8-11-6-12(17)7-11)9-13-10-18-14-4-2-3-5-15(14)19-13/h2-5,11-13,17H,6-10H2,1H3. The van der Waals surface area contributed by atoms with Crippen molar-refractivity contribution in [3.05, 3.63) is 24.3 Å². The fraction of sp³-hybridized carbons (Fsp3) is 0.600. The predicted octanol–water partition coefficient (Wildman–Crippen LogP) is 1.53. The first kappa shape index (κ1) is 12.8. The molecule has 1 atom stereocenters. The number of aliphatic hydroxyl groups excluding tert-OH is 1. The Hall–Kier alpha value is -1.26. The molecule has 1 heterocycles. The van der Waals surface area contributed by atoms with Gasteiger partial charge >= 0.3 is 0 Å². The van der Waals surface area contributed by atoms with E-state index in [-0.39, 0.29) is 12.2 Å². The Morgan fingerprint density at radius 2 is 1.95 bits per heavy atom. The summed E-state index contributed by atoms with van der Waals surface area (Å²) in [6, 6.07) is 7.80. The van der Waals surface area contributed by atoms with E-state index in [4.69, 9.17) is 9.47 Å². The van der Waals surface area contributed by atoms with Crippen molar-refractivity contribution in [1.29, 1.82) is 0 Å². The van der Waals surface area contributed by atoms with Crippen molar-refractivity contribution in [2.24, 2.45) is 5.92 Å². The number of fused-ring (bicyclic) bond motifs is 1. The zero-order valence-electron chi connectivity index (χ0n) is 11.3. The van der Waals surface area contributed by atoms with Gasteiger partial charge in [0, 0.05) is 13.1 Å². The Bertz CT molecular complexity index is 431. The quantitative estimate of drug-likeness (QED) is 0.894. The van der Waals surface area contributed by atoms with Crippen LogP contribution in [0.15, 0.2) is 24.3 Å². The minimum atomic E-state index is -0.0699. The van der Waals surface area contributed by atoms with Crippen LogP contribution in [0.4, 0.5) is 0 Å². The van der Waals surface area contributed by atoms with Crippen molar-refractivity contribution in [3.8, 4) is 11.5 Å². The fourth-order valence-electron chi connectivity index (χ4n) is 2.87. The lowest BCUT2D eigenvalue weighted by Crippen LogP contribution is -2.43. The highest BCUT2D eigenvalue weighted by atomic mass is 16.6. The summed E-state index contributed by atoms with van der Waals surface area (Å²) in [5.41, 5.74) is 0. The minimum absolute atomic E-state index is 0.0699. The molecular formula is C15H21NO3. The molecule has 0 spiro atoms. The molecule has 1 aromatic rings. The van der Waals surface area contributed by atoms with Gasteiger partial charge in [-0.1, -0.05) is 12.1 Å². The Labute approximate surface area is 113 Å². The smallest absolute Gasteiger partial charge is 0.161 e. The van der Waals surface area contributed by atoms with E-state index < -0.39 is 0 Å². The second-order valence-corrected chi connectivity index (χ2v) is 5.71. The molecule has 104 valence electrons. The highest BCUT2D eigenvalue weighted by Crippen LogP contribution is 2.31. The third-order valence-electron chi connectivity index (χ3n) is 3.86. The summed E-state index contributed by atoms with van der Waals surface area (Å²) in [6.45, 7) is 2.49. The molecule has 4 heteroatoms. The molecule has 0 saturated heterocycles. The van der Waals surface area contributed by atoms with E-state index in [1.54, 1.807) is 0 Å². The van der Waals surface area contributed by atoms with E-state index in [2.05, 4.69) is 11.9 Å². The number of ether oxygens (including phenoxy) is 2. The first-order valence-corrected chi connectivity index (χ1v) is 6.96. The number of para-hydroxylation sites is 2. The van der Waals surface area contributed by atoms with Gasteiger partial charge in [-0.2, -0.15) is 0 Å². The number of nitrogens with zero attached hydrogens (tertiary/aromatic N) is 1. The zero-order valence-corrected chi connectivity index (χ0v) is 11.3. The van der Waals surface area contributed by atoms with E-state index in [0.717, 1.165) is 37.4 Å². The maximum atomic E-state index is 9.30. The van der Waals surface area contributed by atoms with Crippen molar-refractivity contribution in [3.63, 3.8) is 0 Å². The van der Waals surface area contributed by atoms with Crippen LogP contribution in [0.2, 0.25) is 0 Å². The SMILES string of the molecule is CN(CC1CC(O)C1)CC1COc2ccccc2O1. The van der Waals surface area contributed by atoms with Gasteiger partial charge in [-0.3, -0.25) is 0 Å². The third-order valence-corrected chi connectivity index (χ3v) is 3.86. The number of likely N-dealkylation sites (N-methyl/N-ethyl adjacent to an activating group) is 1. The van der Waals surface area contributed by atoms with Crippen LogP contribution in [0.3, 0.4) is 0 Å². The zero-order chi connectivity index (χ0) is 13.2. The Balaban J connectivity index is 1.49. The van der Waals surface area contributed by atoms with Crippen molar-refractivity contribution >= 4 is 0 Å². The molecule has 4 nitrogen and oxygen atoms in total. The lowest BCUT2D eigenvalue weighted by atomic mass is 9.82. The summed E-state index contributed by atoms with van der Waals surface area (Å²) in [5, 5.41) is 9.30. The van der Waals surface area contributed by atoms with Crippen molar-refractivity contribution in [2.75, 3.05) is 26.7 Å². The Kier molecular flexibility index (Phi) is 3.62. The second kappa shape index (κ2) is 5.39. The molecule has 0 amide bonds. The maximum Gasteiger partial charge on any atom is 0.161 e. The Morgan fingerprint density at radius 1 is 1.21 bits per heavy atom. The lowest BCUT2D eigenvalue weighted by Gasteiger charge is -2.36. The summed E-state index contributed by atoms with van der Waals surface area (Å²) >= 11 is 0. The van der Waals surface area contributed by atoms with Crippen LogP contribution >= 0.6 is 0 Å². The highest BCUT2D eigenvalue weighted by molar-refractivity contribution is 5.40. The average Bonchev–Trinajstić information content (AvgIpc) is 2.37. The normalized spacial score (nSPS) is 29.1. The van der Waals surface area contributed by atoms with Crippen LogP contribution in [0.25, 0.3) is 0 Å². The highest BCUT2D eigenvalue weighted by Gasteiger charge is 2.29. The van der Waals surface area contributed by atoms with Crippen LogP contribution in [-0.4, -0.2) is 49.0 Å². The predicted molar refractivity (Wildman–Crippen MR) is 72.6 cm³/mol. The molecule has 1 aromatic carbocycles. The summed E-state index contributed by atoms with van der Waals surface area (Å²) in [6.07, 6.45) is 1.90. The van der Waals surface area contributed by atoms with Crippen LogP contribution < -0.4 is 9.47 Å². The van der Waals surface area contributed by atoms with Crippen molar-refractivity contribution in [1.82, 2.24) is 4.90 Å².